The number of morpholine rings is 1. The number of halogens is 1. The summed E-state index contributed by atoms with van der Waals surface area (Å²) < 4.78 is 6.34. The number of anilines is 1. The Morgan fingerprint density at radius 3 is 3.00 bits per heavy atom. The van der Waals surface area contributed by atoms with Crippen LogP contribution in [0.2, 0.25) is 0 Å². The molecule has 1 aliphatic heterocycles. The van der Waals surface area contributed by atoms with Gasteiger partial charge in [-0.2, -0.15) is 0 Å². The van der Waals surface area contributed by atoms with Crippen molar-refractivity contribution in [3.05, 3.63) is 28.2 Å². The number of rotatable bonds is 3. The molecule has 0 aromatic heterocycles. The van der Waals surface area contributed by atoms with Gasteiger partial charge in [-0.05, 0) is 35.0 Å². The molecule has 1 aromatic carbocycles. The van der Waals surface area contributed by atoms with E-state index in [0.29, 0.717) is 18.7 Å². The largest absolute Gasteiger partial charge is 0.394 e. The van der Waals surface area contributed by atoms with Gasteiger partial charge < -0.3 is 20.5 Å². The normalized spacial score (nSPS) is 23.4. The van der Waals surface area contributed by atoms with Gasteiger partial charge in [-0.3, -0.25) is 5.41 Å². The summed E-state index contributed by atoms with van der Waals surface area (Å²) in [5, 5.41) is 17.0. The molecule has 0 bridgehead atoms. The Labute approximate surface area is 121 Å². The number of aliphatic hydroxyl groups excluding tert-OH is 1. The van der Waals surface area contributed by atoms with E-state index < -0.39 is 0 Å². The Bertz CT molecular complexity index is 481. The van der Waals surface area contributed by atoms with Crippen LogP contribution in [0.15, 0.2) is 22.7 Å². The van der Waals surface area contributed by atoms with E-state index in [1.165, 1.54) is 0 Å². The highest BCUT2D eigenvalue weighted by molar-refractivity contribution is 9.10. The van der Waals surface area contributed by atoms with Crippen molar-refractivity contribution < 1.29 is 9.84 Å². The number of nitrogens with two attached hydrogens (primary N) is 1. The minimum Gasteiger partial charge on any atom is -0.394 e. The lowest BCUT2D eigenvalue weighted by Gasteiger charge is -2.40. The molecule has 0 spiro atoms. The molecule has 1 aromatic rings. The zero-order chi connectivity index (χ0) is 14.0. The van der Waals surface area contributed by atoms with Gasteiger partial charge >= 0.3 is 0 Å². The van der Waals surface area contributed by atoms with E-state index in [0.717, 1.165) is 10.2 Å². The molecule has 1 saturated heterocycles. The van der Waals surface area contributed by atoms with Crippen molar-refractivity contribution in [1.29, 1.82) is 5.41 Å². The molecule has 1 aliphatic rings. The van der Waals surface area contributed by atoms with E-state index >= 15 is 0 Å². The van der Waals surface area contributed by atoms with Crippen molar-refractivity contribution >= 4 is 27.5 Å². The Hall–Kier alpha value is -1.11. The van der Waals surface area contributed by atoms with Gasteiger partial charge in [0.15, 0.2) is 0 Å². The molecule has 1 heterocycles. The monoisotopic (exact) mass is 327 g/mol. The molecule has 1 fully saturated rings. The number of nitrogen functional groups attached to an aromatic ring is 1. The fourth-order valence-corrected chi connectivity index (χ4v) is 2.85. The minimum atomic E-state index is -0.199. The number of ether oxygens (including phenoxy) is 1. The van der Waals surface area contributed by atoms with E-state index in [1.807, 2.05) is 18.2 Å². The SMILES string of the molecule is CC1COC(CO)CN1c1cccc(Br)c1C(=N)N. The molecule has 2 rings (SSSR count). The average molecular weight is 328 g/mol. The standard InChI is InChI=1S/C13H18BrN3O2/c1-8-7-19-9(6-18)5-17(8)11-4-2-3-10(14)12(11)13(15)16/h2-4,8-9,18H,5-7H2,1H3,(H3,15,16). The van der Waals surface area contributed by atoms with Crippen LogP contribution in [0.1, 0.15) is 12.5 Å². The number of hydrogen-bond acceptors (Lipinski definition) is 4. The molecule has 6 heteroatoms. The van der Waals surface area contributed by atoms with Crippen molar-refractivity contribution in [2.24, 2.45) is 5.73 Å². The third-order valence-corrected chi connectivity index (χ3v) is 3.94. The van der Waals surface area contributed by atoms with E-state index in [4.69, 9.17) is 15.9 Å². The predicted molar refractivity (Wildman–Crippen MR) is 78.8 cm³/mol. The second-order valence-electron chi connectivity index (χ2n) is 4.69. The first kappa shape index (κ1) is 14.3. The molecule has 0 saturated carbocycles. The van der Waals surface area contributed by atoms with Crippen LogP contribution in [0, 0.1) is 5.41 Å². The second kappa shape index (κ2) is 5.90. The molecular weight excluding hydrogens is 310 g/mol. The molecular formula is C13H18BrN3O2. The minimum absolute atomic E-state index is 0.00731. The highest BCUT2D eigenvalue weighted by Crippen LogP contribution is 2.30. The third-order valence-electron chi connectivity index (χ3n) is 3.28. The summed E-state index contributed by atoms with van der Waals surface area (Å²) in [7, 11) is 0. The summed E-state index contributed by atoms with van der Waals surface area (Å²) in [5.41, 5.74) is 7.27. The van der Waals surface area contributed by atoms with Crippen LogP contribution >= 0.6 is 15.9 Å². The Kier molecular flexibility index (Phi) is 4.44. The van der Waals surface area contributed by atoms with Crippen molar-refractivity contribution in [3.63, 3.8) is 0 Å². The quantitative estimate of drug-likeness (QED) is 0.577. The Morgan fingerprint density at radius 1 is 1.63 bits per heavy atom. The first-order valence-corrected chi connectivity index (χ1v) is 6.96. The number of aliphatic hydroxyl groups is 1. The first-order valence-electron chi connectivity index (χ1n) is 6.16. The van der Waals surface area contributed by atoms with Gasteiger partial charge in [0.25, 0.3) is 0 Å². The van der Waals surface area contributed by atoms with Crippen LogP contribution < -0.4 is 10.6 Å². The smallest absolute Gasteiger partial charge is 0.126 e. The van der Waals surface area contributed by atoms with Gasteiger partial charge in [0.1, 0.15) is 5.84 Å². The lowest BCUT2D eigenvalue weighted by atomic mass is 10.1. The maximum Gasteiger partial charge on any atom is 0.126 e. The zero-order valence-electron chi connectivity index (χ0n) is 10.8. The molecule has 19 heavy (non-hydrogen) atoms. The summed E-state index contributed by atoms with van der Waals surface area (Å²) in [6.07, 6.45) is -0.199. The Morgan fingerprint density at radius 2 is 2.37 bits per heavy atom. The van der Waals surface area contributed by atoms with E-state index in [-0.39, 0.29) is 24.6 Å². The first-order chi connectivity index (χ1) is 9.04. The number of nitrogens with one attached hydrogen (secondary N) is 1. The maximum atomic E-state index is 9.25. The molecule has 0 radical (unpaired) electrons. The lowest BCUT2D eigenvalue weighted by Crippen LogP contribution is -2.50. The molecule has 2 atom stereocenters. The summed E-state index contributed by atoms with van der Waals surface area (Å²) in [6.45, 7) is 3.19. The van der Waals surface area contributed by atoms with Crippen molar-refractivity contribution in [1.82, 2.24) is 0 Å². The van der Waals surface area contributed by atoms with Crippen molar-refractivity contribution in [2.45, 2.75) is 19.1 Å². The number of benzene rings is 1. The lowest BCUT2D eigenvalue weighted by molar-refractivity contribution is -0.0103. The van der Waals surface area contributed by atoms with Gasteiger partial charge in [0, 0.05) is 22.7 Å². The third kappa shape index (κ3) is 2.91. The van der Waals surface area contributed by atoms with Gasteiger partial charge in [-0.1, -0.05) is 6.07 Å². The summed E-state index contributed by atoms with van der Waals surface area (Å²) in [4.78, 5) is 2.13. The average Bonchev–Trinajstić information content (AvgIpc) is 2.38. The number of nitrogens with zero attached hydrogens (tertiary/aromatic N) is 1. The molecule has 104 valence electrons. The highest BCUT2D eigenvalue weighted by atomic mass is 79.9. The van der Waals surface area contributed by atoms with Crippen molar-refractivity contribution in [2.75, 3.05) is 24.7 Å². The molecule has 2 unspecified atom stereocenters. The van der Waals surface area contributed by atoms with Gasteiger partial charge in [0.05, 0.1) is 24.9 Å². The maximum absolute atomic E-state index is 9.25. The van der Waals surface area contributed by atoms with Gasteiger partial charge in [-0.25, -0.2) is 0 Å². The summed E-state index contributed by atoms with van der Waals surface area (Å²) in [6, 6.07) is 5.91. The zero-order valence-corrected chi connectivity index (χ0v) is 12.4. The summed E-state index contributed by atoms with van der Waals surface area (Å²) >= 11 is 3.44. The van der Waals surface area contributed by atoms with Crippen LogP contribution in [0.3, 0.4) is 0 Å². The molecule has 4 N–H and O–H groups in total. The van der Waals surface area contributed by atoms with Crippen LogP contribution in [-0.4, -0.2) is 42.8 Å². The van der Waals surface area contributed by atoms with Gasteiger partial charge in [0.2, 0.25) is 0 Å². The fourth-order valence-electron chi connectivity index (χ4n) is 2.28. The van der Waals surface area contributed by atoms with Crippen molar-refractivity contribution in [3.8, 4) is 0 Å². The van der Waals surface area contributed by atoms with E-state index in [9.17, 15) is 5.11 Å². The Balaban J connectivity index is 2.39. The number of hydrogen-bond donors (Lipinski definition) is 3. The van der Waals surface area contributed by atoms with Crippen LogP contribution in [0.5, 0.6) is 0 Å². The fraction of sp³-hybridized carbons (Fsp3) is 0.462. The second-order valence-corrected chi connectivity index (χ2v) is 5.54. The molecule has 0 amide bonds. The summed E-state index contributed by atoms with van der Waals surface area (Å²) in [5.74, 6) is 0.0294. The van der Waals surface area contributed by atoms with E-state index in [1.54, 1.807) is 0 Å². The van der Waals surface area contributed by atoms with Crippen LogP contribution in [0.25, 0.3) is 0 Å². The topological polar surface area (TPSA) is 82.6 Å². The van der Waals surface area contributed by atoms with Gasteiger partial charge in [-0.15, -0.1) is 0 Å². The van der Waals surface area contributed by atoms with E-state index in [2.05, 4.69) is 27.8 Å². The molecule has 0 aliphatic carbocycles. The predicted octanol–water partition coefficient (Wildman–Crippen LogP) is 1.32. The highest BCUT2D eigenvalue weighted by Gasteiger charge is 2.28. The van der Waals surface area contributed by atoms with Crippen LogP contribution in [0.4, 0.5) is 5.69 Å². The molecule has 5 nitrogen and oxygen atoms in total. The van der Waals surface area contributed by atoms with Crippen LogP contribution in [-0.2, 0) is 4.74 Å². The number of amidine groups is 1.